The van der Waals surface area contributed by atoms with Crippen molar-refractivity contribution in [3.05, 3.63) is 65.2 Å². The van der Waals surface area contributed by atoms with Crippen LogP contribution in [0.3, 0.4) is 0 Å². The molecule has 3 aliphatic carbocycles. The number of halogens is 2. The third-order valence-corrected chi connectivity index (χ3v) is 10.2. The molecule has 3 saturated carbocycles. The summed E-state index contributed by atoms with van der Waals surface area (Å²) < 4.78 is 47.7. The second-order valence-electron chi connectivity index (χ2n) is 10.6. The van der Waals surface area contributed by atoms with Crippen molar-refractivity contribution in [2.24, 2.45) is 23.7 Å². The summed E-state index contributed by atoms with van der Waals surface area (Å²) >= 11 is 6.34. The van der Waals surface area contributed by atoms with Gasteiger partial charge in [0.25, 0.3) is 10.0 Å². The summed E-state index contributed by atoms with van der Waals surface area (Å²) in [4.78, 5) is 30.1. The molecule has 12 heteroatoms. The van der Waals surface area contributed by atoms with E-state index in [9.17, 15) is 17.6 Å². The molecule has 208 valence electrons. The zero-order valence-electron chi connectivity index (χ0n) is 21.9. The van der Waals surface area contributed by atoms with Crippen molar-refractivity contribution in [2.45, 2.75) is 43.9 Å². The molecule has 4 aromatic rings. The second-order valence-corrected chi connectivity index (χ2v) is 12.8. The number of rotatable bonds is 6. The van der Waals surface area contributed by atoms with Crippen LogP contribution >= 0.6 is 11.6 Å². The molecule has 2 atom stereocenters. The number of esters is 1. The van der Waals surface area contributed by atoms with Gasteiger partial charge in [-0.2, -0.15) is 4.98 Å². The fourth-order valence-electron chi connectivity index (χ4n) is 6.42. The molecule has 0 unspecified atom stereocenters. The average Bonchev–Trinajstić information content (AvgIpc) is 3.33. The van der Waals surface area contributed by atoms with Crippen LogP contribution in [0.2, 0.25) is 5.28 Å². The van der Waals surface area contributed by atoms with Crippen LogP contribution in [0.1, 0.15) is 37.1 Å². The zero-order valence-corrected chi connectivity index (χ0v) is 23.5. The van der Waals surface area contributed by atoms with E-state index >= 15 is 0 Å². The summed E-state index contributed by atoms with van der Waals surface area (Å²) in [5, 5.41) is 0.135. The van der Waals surface area contributed by atoms with Gasteiger partial charge in [0.05, 0.1) is 24.1 Å². The van der Waals surface area contributed by atoms with Crippen LogP contribution in [-0.4, -0.2) is 45.4 Å². The molecule has 1 aromatic carbocycles. The number of hydrogen-bond donors (Lipinski definition) is 0. The van der Waals surface area contributed by atoms with Crippen LogP contribution < -0.4 is 0 Å². The Kier molecular flexibility index (Phi) is 6.82. The van der Waals surface area contributed by atoms with Gasteiger partial charge < -0.3 is 4.74 Å². The van der Waals surface area contributed by atoms with E-state index in [0.29, 0.717) is 18.2 Å². The number of hydrogen-bond acceptors (Lipinski definition) is 8. The summed E-state index contributed by atoms with van der Waals surface area (Å²) in [5.74, 6) is -0.0189. The molecule has 0 aliphatic heterocycles. The van der Waals surface area contributed by atoms with Gasteiger partial charge in [0.15, 0.2) is 11.5 Å². The minimum atomic E-state index is -4.07. The Morgan fingerprint density at radius 1 is 1.10 bits per heavy atom. The summed E-state index contributed by atoms with van der Waals surface area (Å²) in [7, 11) is -2.66. The first-order valence-electron chi connectivity index (χ1n) is 13.1. The number of nitrogens with zero attached hydrogens (tertiary/aromatic N) is 5. The molecule has 0 saturated heterocycles. The lowest BCUT2D eigenvalue weighted by Crippen LogP contribution is -2.45. The maximum absolute atomic E-state index is 14.4. The van der Waals surface area contributed by atoms with Crippen LogP contribution in [0.25, 0.3) is 22.4 Å². The summed E-state index contributed by atoms with van der Waals surface area (Å²) in [5.41, 5.74) is 1.19. The summed E-state index contributed by atoms with van der Waals surface area (Å²) in [6, 6.07) is 7.61. The number of aryl methyl sites for hydroxylation is 1. The number of ether oxygens (including phenoxy) is 1. The van der Waals surface area contributed by atoms with E-state index in [2.05, 4.69) is 19.9 Å². The molecule has 3 aliphatic rings. The normalized spacial score (nSPS) is 22.5. The Balaban J connectivity index is 1.44. The first-order chi connectivity index (χ1) is 19.2. The molecular weight excluding hydrogens is 557 g/mol. The monoisotopic (exact) mass is 583 g/mol. The number of aromatic nitrogens is 5. The molecule has 7 rings (SSSR count). The SMILES string of the molecule is COC(=O)[C@@H]1C2CCC(CC2)[C@H]1Cc1nc(Cl)nc(-c2cn(S(=O)(=O)c3ccc(C)cc3)c3ncc(F)cc23)n1. The molecule has 0 N–H and O–H groups in total. The minimum Gasteiger partial charge on any atom is -0.469 e. The molecule has 3 aromatic heterocycles. The van der Waals surface area contributed by atoms with E-state index in [0.717, 1.165) is 41.4 Å². The van der Waals surface area contributed by atoms with Gasteiger partial charge in [-0.05, 0) is 80.2 Å². The highest BCUT2D eigenvalue weighted by atomic mass is 35.5. The van der Waals surface area contributed by atoms with Crippen molar-refractivity contribution in [1.82, 2.24) is 23.9 Å². The van der Waals surface area contributed by atoms with Crippen LogP contribution in [0.5, 0.6) is 0 Å². The molecule has 2 bridgehead atoms. The van der Waals surface area contributed by atoms with Gasteiger partial charge in [-0.1, -0.05) is 17.7 Å². The molecule has 3 fully saturated rings. The Morgan fingerprint density at radius 3 is 2.50 bits per heavy atom. The molecular formula is C28H27ClFN5O4S. The fraction of sp³-hybridized carbons (Fsp3) is 0.393. The van der Waals surface area contributed by atoms with Crippen LogP contribution in [-0.2, 0) is 26.0 Å². The predicted molar refractivity (Wildman–Crippen MR) is 145 cm³/mol. The number of methoxy groups -OCH3 is 1. The number of carbonyl (C=O) groups is 1. The van der Waals surface area contributed by atoms with Gasteiger partial charge in [-0.25, -0.2) is 31.7 Å². The largest absolute Gasteiger partial charge is 0.469 e. The van der Waals surface area contributed by atoms with Crippen molar-refractivity contribution < 1.29 is 22.3 Å². The first-order valence-corrected chi connectivity index (χ1v) is 14.9. The van der Waals surface area contributed by atoms with Gasteiger partial charge in [0.1, 0.15) is 11.6 Å². The van der Waals surface area contributed by atoms with Crippen LogP contribution in [0.15, 0.2) is 47.6 Å². The van der Waals surface area contributed by atoms with Gasteiger partial charge in [0, 0.05) is 23.6 Å². The lowest BCUT2D eigenvalue weighted by molar-refractivity contribution is -0.156. The number of pyridine rings is 1. The molecule has 0 spiro atoms. The lowest BCUT2D eigenvalue weighted by atomic mass is 9.57. The summed E-state index contributed by atoms with van der Waals surface area (Å²) in [6.45, 7) is 1.86. The lowest BCUT2D eigenvalue weighted by Gasteiger charge is -2.47. The Labute approximate surface area is 235 Å². The standard InChI is InChI=1S/C28H27ClFN5O4S/c1-15-3-9-19(10-4-15)40(37,38)35-14-22(21-11-18(30)13-31-26(21)35)25-32-23(33-28(29)34-25)12-20-16-5-7-17(8-6-16)24(20)27(36)39-2/h3-4,9-11,13-14,16-17,20,24H,5-8,12H2,1-2H3/t16?,17?,20-,24-/m1/s1. The zero-order chi connectivity index (χ0) is 28.2. The third-order valence-electron chi connectivity index (χ3n) is 8.33. The third kappa shape index (κ3) is 4.64. The van der Waals surface area contributed by atoms with E-state index in [4.69, 9.17) is 16.3 Å². The van der Waals surface area contributed by atoms with Crippen molar-refractivity contribution in [3.63, 3.8) is 0 Å². The van der Waals surface area contributed by atoms with E-state index in [1.165, 1.54) is 31.5 Å². The van der Waals surface area contributed by atoms with Crippen molar-refractivity contribution in [1.29, 1.82) is 0 Å². The highest BCUT2D eigenvalue weighted by Crippen LogP contribution is 2.50. The highest BCUT2D eigenvalue weighted by molar-refractivity contribution is 7.90. The van der Waals surface area contributed by atoms with Crippen molar-refractivity contribution in [3.8, 4) is 11.4 Å². The van der Waals surface area contributed by atoms with Gasteiger partial charge >= 0.3 is 5.97 Å². The smallest absolute Gasteiger partial charge is 0.309 e. The quantitative estimate of drug-likeness (QED) is 0.291. The average molecular weight is 584 g/mol. The molecule has 9 nitrogen and oxygen atoms in total. The van der Waals surface area contributed by atoms with Crippen LogP contribution in [0.4, 0.5) is 4.39 Å². The summed E-state index contributed by atoms with van der Waals surface area (Å²) in [6.07, 6.45) is 6.75. The van der Waals surface area contributed by atoms with E-state index in [-0.39, 0.29) is 56.3 Å². The highest BCUT2D eigenvalue weighted by Gasteiger charge is 2.47. The minimum absolute atomic E-state index is 0.00589. The molecule has 3 heterocycles. The van der Waals surface area contributed by atoms with E-state index in [1.54, 1.807) is 12.1 Å². The number of benzene rings is 1. The second kappa shape index (κ2) is 10.2. The Bertz CT molecular complexity index is 1720. The first kappa shape index (κ1) is 26.8. The van der Waals surface area contributed by atoms with Gasteiger partial charge in [-0.15, -0.1) is 0 Å². The predicted octanol–water partition coefficient (Wildman–Crippen LogP) is 4.99. The van der Waals surface area contributed by atoms with Crippen LogP contribution in [0, 0.1) is 36.4 Å². The fourth-order valence-corrected chi connectivity index (χ4v) is 7.93. The maximum Gasteiger partial charge on any atom is 0.309 e. The van der Waals surface area contributed by atoms with Gasteiger partial charge in [-0.3, -0.25) is 4.79 Å². The van der Waals surface area contributed by atoms with Gasteiger partial charge in [0.2, 0.25) is 5.28 Å². The Morgan fingerprint density at radius 2 is 1.80 bits per heavy atom. The molecule has 40 heavy (non-hydrogen) atoms. The maximum atomic E-state index is 14.4. The van der Waals surface area contributed by atoms with Crippen molar-refractivity contribution >= 4 is 38.6 Å². The van der Waals surface area contributed by atoms with E-state index < -0.39 is 15.8 Å². The number of fused-ring (bicyclic) bond motifs is 4. The van der Waals surface area contributed by atoms with Crippen molar-refractivity contribution in [2.75, 3.05) is 7.11 Å². The van der Waals surface area contributed by atoms with E-state index in [1.807, 2.05) is 6.92 Å². The molecule has 0 radical (unpaired) electrons. The number of carbonyl (C=O) groups excluding carboxylic acids is 1. The Hall–Kier alpha value is -3.44. The topological polar surface area (TPSA) is 117 Å². The molecule has 0 amide bonds.